The van der Waals surface area contributed by atoms with E-state index < -0.39 is 13.1 Å². The van der Waals surface area contributed by atoms with Gasteiger partial charge in [-0.25, -0.2) is 4.79 Å². The second-order valence-corrected chi connectivity index (χ2v) is 2.45. The Bertz CT molecular complexity index is 316. The van der Waals surface area contributed by atoms with E-state index in [0.29, 0.717) is 5.69 Å². The monoisotopic (exact) mass is 180 g/mol. The first-order valence-corrected chi connectivity index (χ1v) is 3.63. The van der Waals surface area contributed by atoms with Crippen molar-refractivity contribution in [3.8, 4) is 0 Å². The number of nitrogens with one attached hydrogen (secondary N) is 1. The van der Waals surface area contributed by atoms with Crippen LogP contribution in [-0.4, -0.2) is 23.2 Å². The van der Waals surface area contributed by atoms with E-state index in [-0.39, 0.29) is 5.46 Å². The van der Waals surface area contributed by atoms with Crippen molar-refractivity contribution in [3.63, 3.8) is 0 Å². The molecule has 0 aliphatic rings. The Morgan fingerprint density at radius 1 is 1.38 bits per heavy atom. The Balaban J connectivity index is 2.97. The molecule has 0 unspecified atom stereocenters. The first-order valence-electron chi connectivity index (χ1n) is 3.63. The fraction of sp³-hybridized carbons (Fsp3) is 0. The summed E-state index contributed by atoms with van der Waals surface area (Å²) in [6.07, 6.45) is 0. The predicted octanol–water partition coefficient (Wildman–Crippen LogP) is -1.14. The highest BCUT2D eigenvalue weighted by Crippen LogP contribution is 2.02. The van der Waals surface area contributed by atoms with E-state index in [4.69, 9.17) is 15.8 Å². The van der Waals surface area contributed by atoms with Gasteiger partial charge >= 0.3 is 13.1 Å². The molecular weight excluding hydrogens is 171 g/mol. The van der Waals surface area contributed by atoms with Gasteiger partial charge in [0.2, 0.25) is 0 Å². The first kappa shape index (κ1) is 9.56. The van der Waals surface area contributed by atoms with E-state index in [0.717, 1.165) is 0 Å². The van der Waals surface area contributed by atoms with Crippen LogP contribution >= 0.6 is 0 Å². The summed E-state index contributed by atoms with van der Waals surface area (Å²) in [5.41, 5.74) is 5.39. The SMILES string of the molecule is NC(=O)Nc1ccccc1B(O)O. The van der Waals surface area contributed by atoms with Crippen molar-refractivity contribution < 1.29 is 14.8 Å². The molecule has 68 valence electrons. The molecule has 0 aromatic heterocycles. The van der Waals surface area contributed by atoms with E-state index >= 15 is 0 Å². The fourth-order valence-corrected chi connectivity index (χ4v) is 0.969. The van der Waals surface area contributed by atoms with Gasteiger partial charge in [0.05, 0.1) is 0 Å². The average molecular weight is 180 g/mol. The normalized spacial score (nSPS) is 9.38. The number of anilines is 1. The highest BCUT2D eigenvalue weighted by molar-refractivity contribution is 6.60. The van der Waals surface area contributed by atoms with Crippen molar-refractivity contribution in [1.82, 2.24) is 0 Å². The number of rotatable bonds is 2. The summed E-state index contributed by atoms with van der Waals surface area (Å²) in [4.78, 5) is 10.5. The van der Waals surface area contributed by atoms with Crippen LogP contribution in [0.1, 0.15) is 0 Å². The third-order valence-corrected chi connectivity index (χ3v) is 1.50. The molecule has 5 nitrogen and oxygen atoms in total. The number of urea groups is 1. The summed E-state index contributed by atoms with van der Waals surface area (Å²) in [7, 11) is -1.62. The smallest absolute Gasteiger partial charge is 0.423 e. The topological polar surface area (TPSA) is 95.6 Å². The number of carbonyl (C=O) groups excluding carboxylic acids is 1. The molecule has 0 aliphatic carbocycles. The molecule has 5 N–H and O–H groups in total. The summed E-state index contributed by atoms with van der Waals surface area (Å²) >= 11 is 0. The number of benzene rings is 1. The van der Waals surface area contributed by atoms with Gasteiger partial charge in [-0.2, -0.15) is 0 Å². The molecule has 1 aromatic rings. The van der Waals surface area contributed by atoms with Crippen molar-refractivity contribution in [2.75, 3.05) is 5.32 Å². The summed E-state index contributed by atoms with van der Waals surface area (Å²) in [5, 5.41) is 20.0. The van der Waals surface area contributed by atoms with Gasteiger partial charge in [-0.3, -0.25) is 0 Å². The summed E-state index contributed by atoms with van der Waals surface area (Å²) < 4.78 is 0. The molecule has 1 rings (SSSR count). The number of hydrogen-bond donors (Lipinski definition) is 4. The van der Waals surface area contributed by atoms with Crippen LogP contribution in [0.2, 0.25) is 0 Å². The van der Waals surface area contributed by atoms with Gasteiger partial charge in [-0.1, -0.05) is 18.2 Å². The van der Waals surface area contributed by atoms with Crippen molar-refractivity contribution in [2.45, 2.75) is 0 Å². The lowest BCUT2D eigenvalue weighted by Crippen LogP contribution is -2.34. The van der Waals surface area contributed by atoms with Crippen LogP contribution in [0.3, 0.4) is 0 Å². The number of carbonyl (C=O) groups is 1. The summed E-state index contributed by atoms with van der Waals surface area (Å²) in [5.74, 6) is 0. The van der Waals surface area contributed by atoms with Crippen LogP contribution in [0.4, 0.5) is 10.5 Å². The molecular formula is C7H9BN2O3. The molecule has 0 saturated heterocycles. The lowest BCUT2D eigenvalue weighted by Gasteiger charge is -2.07. The Morgan fingerprint density at radius 3 is 2.54 bits per heavy atom. The highest BCUT2D eigenvalue weighted by Gasteiger charge is 2.15. The third-order valence-electron chi connectivity index (χ3n) is 1.50. The largest absolute Gasteiger partial charge is 0.490 e. The molecule has 0 aliphatic heterocycles. The van der Waals surface area contributed by atoms with Crippen molar-refractivity contribution >= 4 is 24.3 Å². The van der Waals surface area contributed by atoms with E-state index in [1.54, 1.807) is 12.1 Å². The van der Waals surface area contributed by atoms with E-state index in [1.807, 2.05) is 0 Å². The molecule has 6 heteroatoms. The zero-order valence-corrected chi connectivity index (χ0v) is 6.77. The quantitative estimate of drug-likeness (QED) is 0.433. The number of hydrogen-bond acceptors (Lipinski definition) is 3. The van der Waals surface area contributed by atoms with Crippen LogP contribution < -0.4 is 16.5 Å². The Kier molecular flexibility index (Phi) is 2.89. The van der Waals surface area contributed by atoms with Crippen molar-refractivity contribution in [2.24, 2.45) is 5.73 Å². The molecule has 0 spiro atoms. The Morgan fingerprint density at radius 2 is 2.00 bits per heavy atom. The predicted molar refractivity (Wildman–Crippen MR) is 49.5 cm³/mol. The van der Waals surface area contributed by atoms with Crippen LogP contribution in [0.25, 0.3) is 0 Å². The molecule has 0 atom stereocenters. The van der Waals surface area contributed by atoms with Gasteiger partial charge in [0.1, 0.15) is 0 Å². The van der Waals surface area contributed by atoms with Crippen LogP contribution in [0, 0.1) is 0 Å². The lowest BCUT2D eigenvalue weighted by molar-refractivity contribution is 0.259. The number of primary amides is 1. The maximum atomic E-state index is 10.5. The first-order chi connectivity index (χ1) is 6.11. The van der Waals surface area contributed by atoms with Gasteiger partial charge in [0.25, 0.3) is 0 Å². The van der Waals surface area contributed by atoms with Crippen LogP contribution in [0.15, 0.2) is 24.3 Å². The minimum atomic E-state index is -1.62. The van der Waals surface area contributed by atoms with Gasteiger partial charge in [0, 0.05) is 11.2 Å². The van der Waals surface area contributed by atoms with Crippen LogP contribution in [0.5, 0.6) is 0 Å². The Hall–Kier alpha value is -1.53. The maximum Gasteiger partial charge on any atom is 0.490 e. The van der Waals surface area contributed by atoms with Gasteiger partial charge in [-0.05, 0) is 6.07 Å². The minimum absolute atomic E-state index is 0.210. The molecule has 0 bridgehead atoms. The zero-order valence-electron chi connectivity index (χ0n) is 6.77. The number of nitrogens with two attached hydrogens (primary N) is 1. The average Bonchev–Trinajstić information content (AvgIpc) is 2.03. The van der Waals surface area contributed by atoms with Crippen LogP contribution in [-0.2, 0) is 0 Å². The third kappa shape index (κ3) is 2.46. The molecule has 13 heavy (non-hydrogen) atoms. The summed E-state index contributed by atoms with van der Waals surface area (Å²) in [6.45, 7) is 0. The molecule has 0 saturated carbocycles. The fourth-order valence-electron chi connectivity index (χ4n) is 0.969. The second kappa shape index (κ2) is 3.93. The molecule has 0 radical (unpaired) electrons. The van der Waals surface area contributed by atoms with Gasteiger partial charge < -0.3 is 21.1 Å². The number of para-hydroxylation sites is 1. The highest BCUT2D eigenvalue weighted by atomic mass is 16.4. The van der Waals surface area contributed by atoms with E-state index in [2.05, 4.69) is 5.32 Å². The summed E-state index contributed by atoms with van der Waals surface area (Å²) in [6, 6.07) is 5.54. The standard InChI is InChI=1S/C7H9BN2O3/c9-7(11)10-6-4-2-1-3-5(6)8(12)13/h1-4,12-13H,(H3,9,10,11). The zero-order chi connectivity index (χ0) is 9.84. The van der Waals surface area contributed by atoms with Gasteiger partial charge in [-0.15, -0.1) is 0 Å². The van der Waals surface area contributed by atoms with Crippen molar-refractivity contribution in [3.05, 3.63) is 24.3 Å². The second-order valence-electron chi connectivity index (χ2n) is 2.45. The lowest BCUT2D eigenvalue weighted by atomic mass is 9.79. The van der Waals surface area contributed by atoms with E-state index in [9.17, 15) is 4.79 Å². The molecule has 2 amide bonds. The van der Waals surface area contributed by atoms with Crippen molar-refractivity contribution in [1.29, 1.82) is 0 Å². The molecule has 1 aromatic carbocycles. The maximum absolute atomic E-state index is 10.5. The van der Waals surface area contributed by atoms with Gasteiger partial charge in [0.15, 0.2) is 0 Å². The number of amides is 2. The minimum Gasteiger partial charge on any atom is -0.423 e. The Labute approximate surface area is 75.3 Å². The molecule has 0 fully saturated rings. The van der Waals surface area contributed by atoms with E-state index in [1.165, 1.54) is 12.1 Å². The molecule has 0 heterocycles.